The van der Waals surface area contributed by atoms with Crippen molar-refractivity contribution in [3.63, 3.8) is 0 Å². The molecule has 24 heavy (non-hydrogen) atoms. The van der Waals surface area contributed by atoms with Crippen molar-refractivity contribution in [1.82, 2.24) is 0 Å². The SMILES string of the molecule is C=C(/C=C(/CC)C(=C)C(=C)/C=C\C(=C)C(C)CCC(C)CC)CC. The molecule has 0 radical (unpaired) electrons. The van der Waals surface area contributed by atoms with Gasteiger partial charge >= 0.3 is 0 Å². The second-order valence-corrected chi connectivity index (χ2v) is 6.94. The Bertz CT molecular complexity index is 510. The van der Waals surface area contributed by atoms with Crippen LogP contribution in [0, 0.1) is 11.8 Å². The summed E-state index contributed by atoms with van der Waals surface area (Å²) in [5, 5.41) is 0. The fourth-order valence-corrected chi connectivity index (χ4v) is 2.35. The molecule has 0 nitrogen and oxygen atoms in total. The minimum Gasteiger partial charge on any atom is -0.0958 e. The first kappa shape index (κ1) is 22.4. The minimum atomic E-state index is 0.511. The molecule has 134 valence electrons. The predicted octanol–water partition coefficient (Wildman–Crippen LogP) is 7.98. The maximum atomic E-state index is 4.23. The lowest BCUT2D eigenvalue weighted by Gasteiger charge is -2.15. The molecule has 0 heteroatoms. The quantitative estimate of drug-likeness (QED) is 0.319. The molecule has 0 spiro atoms. The second-order valence-electron chi connectivity index (χ2n) is 6.94. The maximum Gasteiger partial charge on any atom is -0.0196 e. The van der Waals surface area contributed by atoms with Crippen LogP contribution in [0.4, 0.5) is 0 Å². The van der Waals surface area contributed by atoms with Gasteiger partial charge in [0, 0.05) is 0 Å². The molecule has 0 fully saturated rings. The summed E-state index contributed by atoms with van der Waals surface area (Å²) in [6.07, 6.45) is 11.9. The van der Waals surface area contributed by atoms with Crippen molar-refractivity contribution in [2.24, 2.45) is 11.8 Å². The summed E-state index contributed by atoms with van der Waals surface area (Å²) in [6.45, 7) is 27.8. The molecular weight excluding hydrogens is 288 g/mol. The van der Waals surface area contributed by atoms with E-state index in [-0.39, 0.29) is 0 Å². The third kappa shape index (κ3) is 8.34. The van der Waals surface area contributed by atoms with Crippen molar-refractivity contribution in [2.45, 2.75) is 66.7 Å². The molecule has 2 unspecified atom stereocenters. The van der Waals surface area contributed by atoms with Gasteiger partial charge in [0.05, 0.1) is 0 Å². The minimum absolute atomic E-state index is 0.511. The molecule has 0 aliphatic carbocycles. The van der Waals surface area contributed by atoms with Crippen LogP contribution in [-0.2, 0) is 0 Å². The molecule has 0 saturated carbocycles. The highest BCUT2D eigenvalue weighted by molar-refractivity contribution is 5.51. The summed E-state index contributed by atoms with van der Waals surface area (Å²) in [5.41, 5.74) is 5.48. The molecule has 0 rings (SSSR count). The Morgan fingerprint density at radius 1 is 0.875 bits per heavy atom. The Hall–Kier alpha value is -1.56. The van der Waals surface area contributed by atoms with Crippen molar-refractivity contribution >= 4 is 0 Å². The highest BCUT2D eigenvalue weighted by Crippen LogP contribution is 2.24. The zero-order valence-electron chi connectivity index (χ0n) is 16.8. The number of hydrogen-bond acceptors (Lipinski definition) is 0. The van der Waals surface area contributed by atoms with Crippen molar-refractivity contribution < 1.29 is 0 Å². The van der Waals surface area contributed by atoms with Crippen molar-refractivity contribution in [3.05, 3.63) is 72.4 Å². The highest BCUT2D eigenvalue weighted by Gasteiger charge is 2.08. The molecule has 0 aromatic heterocycles. The third-order valence-corrected chi connectivity index (χ3v) is 4.91. The Morgan fingerprint density at radius 3 is 2.00 bits per heavy atom. The van der Waals surface area contributed by atoms with E-state index in [2.05, 4.69) is 79.2 Å². The molecule has 2 atom stereocenters. The molecule has 0 aromatic rings. The maximum absolute atomic E-state index is 4.23. The monoisotopic (exact) mass is 326 g/mol. The van der Waals surface area contributed by atoms with Crippen LogP contribution in [0.2, 0.25) is 0 Å². The standard InChI is InChI=1S/C24H38/c1-10-18(4)13-14-20(6)21(7)15-16-22(8)23(9)24(12-3)17-19(5)11-2/h15-18,20H,5,7-14H2,1-4,6H3/b16-15-,24-17-. The summed E-state index contributed by atoms with van der Waals surface area (Å²) in [7, 11) is 0. The first-order chi connectivity index (χ1) is 11.3. The van der Waals surface area contributed by atoms with Gasteiger partial charge in [0.2, 0.25) is 0 Å². The first-order valence-corrected chi connectivity index (χ1v) is 9.40. The van der Waals surface area contributed by atoms with Crippen LogP contribution < -0.4 is 0 Å². The van der Waals surface area contributed by atoms with Gasteiger partial charge in [0.1, 0.15) is 0 Å². The van der Waals surface area contributed by atoms with Gasteiger partial charge in [-0.25, -0.2) is 0 Å². The van der Waals surface area contributed by atoms with Gasteiger partial charge in [-0.3, -0.25) is 0 Å². The predicted molar refractivity (Wildman–Crippen MR) is 112 cm³/mol. The van der Waals surface area contributed by atoms with Crippen LogP contribution in [0.3, 0.4) is 0 Å². The number of allylic oxidation sites excluding steroid dienone is 8. The molecule has 0 aliphatic heterocycles. The van der Waals surface area contributed by atoms with Gasteiger partial charge < -0.3 is 0 Å². The Kier molecular flexibility index (Phi) is 11.1. The molecular formula is C24H38. The molecule has 0 aliphatic rings. The van der Waals surface area contributed by atoms with E-state index in [4.69, 9.17) is 0 Å². The Balaban J connectivity index is 4.75. The topological polar surface area (TPSA) is 0 Å². The van der Waals surface area contributed by atoms with Crippen LogP contribution in [0.15, 0.2) is 72.4 Å². The summed E-state index contributed by atoms with van der Waals surface area (Å²) in [5.74, 6) is 1.31. The Morgan fingerprint density at radius 2 is 1.50 bits per heavy atom. The third-order valence-electron chi connectivity index (χ3n) is 4.91. The zero-order valence-corrected chi connectivity index (χ0v) is 16.8. The average Bonchev–Trinajstić information content (AvgIpc) is 2.60. The number of hydrogen-bond donors (Lipinski definition) is 0. The summed E-state index contributed by atoms with van der Waals surface area (Å²) >= 11 is 0. The van der Waals surface area contributed by atoms with Gasteiger partial charge in [-0.15, -0.1) is 0 Å². The summed E-state index contributed by atoms with van der Waals surface area (Å²) in [6, 6.07) is 0. The van der Waals surface area contributed by atoms with Crippen molar-refractivity contribution in [1.29, 1.82) is 0 Å². The van der Waals surface area contributed by atoms with Crippen molar-refractivity contribution in [2.75, 3.05) is 0 Å². The van der Waals surface area contributed by atoms with Crippen LogP contribution in [0.1, 0.15) is 66.7 Å². The van der Waals surface area contributed by atoms with Gasteiger partial charge in [-0.1, -0.05) is 103 Å². The van der Waals surface area contributed by atoms with Crippen molar-refractivity contribution in [3.8, 4) is 0 Å². The van der Waals surface area contributed by atoms with E-state index in [0.29, 0.717) is 5.92 Å². The largest absolute Gasteiger partial charge is 0.0958 e. The molecule has 0 saturated heterocycles. The summed E-state index contributed by atoms with van der Waals surface area (Å²) < 4.78 is 0. The highest BCUT2D eigenvalue weighted by atomic mass is 14.1. The summed E-state index contributed by atoms with van der Waals surface area (Å²) in [4.78, 5) is 0. The van der Waals surface area contributed by atoms with E-state index in [1.807, 2.05) is 0 Å². The Labute approximate surface area is 151 Å². The van der Waals surface area contributed by atoms with E-state index in [0.717, 1.165) is 35.5 Å². The van der Waals surface area contributed by atoms with Gasteiger partial charge in [-0.05, 0) is 47.8 Å². The van der Waals surface area contributed by atoms with Gasteiger partial charge in [0.25, 0.3) is 0 Å². The lowest BCUT2D eigenvalue weighted by molar-refractivity contribution is 0.454. The molecule has 0 heterocycles. The van der Waals surface area contributed by atoms with Gasteiger partial charge in [0.15, 0.2) is 0 Å². The van der Waals surface area contributed by atoms with Crippen LogP contribution in [-0.4, -0.2) is 0 Å². The van der Waals surface area contributed by atoms with E-state index < -0.39 is 0 Å². The second kappa shape index (κ2) is 11.9. The van der Waals surface area contributed by atoms with E-state index in [1.54, 1.807) is 0 Å². The van der Waals surface area contributed by atoms with E-state index in [9.17, 15) is 0 Å². The molecule has 0 amide bonds. The number of rotatable bonds is 12. The van der Waals surface area contributed by atoms with E-state index in [1.165, 1.54) is 30.4 Å². The van der Waals surface area contributed by atoms with Gasteiger partial charge in [-0.2, -0.15) is 0 Å². The van der Waals surface area contributed by atoms with Crippen LogP contribution >= 0.6 is 0 Å². The first-order valence-electron chi connectivity index (χ1n) is 9.40. The molecule has 0 N–H and O–H groups in total. The smallest absolute Gasteiger partial charge is 0.0196 e. The average molecular weight is 327 g/mol. The van der Waals surface area contributed by atoms with Crippen LogP contribution in [0.25, 0.3) is 0 Å². The van der Waals surface area contributed by atoms with E-state index >= 15 is 0 Å². The lowest BCUT2D eigenvalue weighted by atomic mass is 9.90. The fourth-order valence-electron chi connectivity index (χ4n) is 2.35. The zero-order chi connectivity index (χ0) is 18.7. The molecule has 0 aromatic carbocycles. The lowest BCUT2D eigenvalue weighted by Crippen LogP contribution is -2.01. The normalized spacial score (nSPS) is 14.5. The van der Waals surface area contributed by atoms with Crippen LogP contribution in [0.5, 0.6) is 0 Å². The fraction of sp³-hybridized carbons (Fsp3) is 0.500. The molecule has 0 bridgehead atoms.